The first kappa shape index (κ1) is 16.5. The van der Waals surface area contributed by atoms with Crippen molar-refractivity contribution in [1.29, 1.82) is 5.26 Å². The predicted molar refractivity (Wildman–Crippen MR) is 89.5 cm³/mol. The van der Waals surface area contributed by atoms with E-state index in [-0.39, 0.29) is 18.2 Å². The molecule has 1 aliphatic carbocycles. The van der Waals surface area contributed by atoms with E-state index < -0.39 is 0 Å². The molecular weight excluding hydrogens is 306 g/mol. The fourth-order valence-corrected chi connectivity index (χ4v) is 3.29. The fraction of sp³-hybridized carbons (Fsp3) is 0.588. The Bertz CT molecular complexity index is 614. The highest BCUT2D eigenvalue weighted by Gasteiger charge is 2.26. The largest absolute Gasteiger partial charge is 0.393 e. The summed E-state index contributed by atoms with van der Waals surface area (Å²) in [6.45, 7) is 2.69. The number of nitrogens with zero attached hydrogens (tertiary/aromatic N) is 4. The fourth-order valence-electron chi connectivity index (χ4n) is 3.29. The van der Waals surface area contributed by atoms with Crippen molar-refractivity contribution >= 4 is 11.8 Å². The first-order chi connectivity index (χ1) is 11.7. The molecule has 1 aromatic heterocycles. The lowest BCUT2D eigenvalue weighted by Gasteiger charge is -2.36. The number of anilines is 1. The Labute approximate surface area is 141 Å². The van der Waals surface area contributed by atoms with Crippen molar-refractivity contribution in [1.82, 2.24) is 15.2 Å². The number of aliphatic hydroxyl groups is 1. The molecule has 7 heteroatoms. The third kappa shape index (κ3) is 3.95. The summed E-state index contributed by atoms with van der Waals surface area (Å²) in [5.41, 5.74) is 0.597. The zero-order valence-electron chi connectivity index (χ0n) is 13.7. The molecule has 0 radical (unpaired) electrons. The van der Waals surface area contributed by atoms with Gasteiger partial charge in [-0.1, -0.05) is 0 Å². The molecule has 3 rings (SSSR count). The number of hydrogen-bond donors (Lipinski definition) is 2. The number of hydrogen-bond acceptors (Lipinski definition) is 5. The zero-order chi connectivity index (χ0) is 16.9. The molecular formula is C17H23N5O2. The van der Waals surface area contributed by atoms with Gasteiger partial charge in [0, 0.05) is 38.4 Å². The van der Waals surface area contributed by atoms with Gasteiger partial charge in [-0.3, -0.25) is 0 Å². The molecule has 24 heavy (non-hydrogen) atoms. The number of carbonyl (C=O) groups is 1. The number of pyridine rings is 1. The molecule has 0 atom stereocenters. The van der Waals surface area contributed by atoms with Crippen LogP contribution in [0.4, 0.5) is 10.6 Å². The number of aliphatic hydroxyl groups excluding tert-OH is 1. The summed E-state index contributed by atoms with van der Waals surface area (Å²) in [6.07, 6.45) is 4.65. The van der Waals surface area contributed by atoms with Crippen LogP contribution in [0.5, 0.6) is 0 Å². The van der Waals surface area contributed by atoms with Crippen LogP contribution >= 0.6 is 0 Å². The van der Waals surface area contributed by atoms with E-state index in [4.69, 9.17) is 5.26 Å². The maximum absolute atomic E-state index is 12.4. The number of carbonyl (C=O) groups excluding carboxylic acids is 1. The lowest BCUT2D eigenvalue weighted by molar-refractivity contribution is 0.115. The van der Waals surface area contributed by atoms with Crippen LogP contribution in [-0.4, -0.2) is 59.3 Å². The van der Waals surface area contributed by atoms with E-state index in [1.54, 1.807) is 18.3 Å². The van der Waals surface area contributed by atoms with Crippen molar-refractivity contribution < 1.29 is 9.90 Å². The van der Waals surface area contributed by atoms with Crippen LogP contribution in [0, 0.1) is 11.3 Å². The summed E-state index contributed by atoms with van der Waals surface area (Å²) in [5.74, 6) is 0.787. The summed E-state index contributed by atoms with van der Waals surface area (Å²) in [4.78, 5) is 20.6. The molecule has 2 aliphatic rings. The van der Waals surface area contributed by atoms with Gasteiger partial charge in [0.2, 0.25) is 0 Å². The van der Waals surface area contributed by atoms with Crippen LogP contribution in [0.15, 0.2) is 18.3 Å². The smallest absolute Gasteiger partial charge is 0.317 e. The predicted octanol–water partition coefficient (Wildman–Crippen LogP) is 1.09. The van der Waals surface area contributed by atoms with Crippen LogP contribution in [0.3, 0.4) is 0 Å². The van der Waals surface area contributed by atoms with E-state index in [1.165, 1.54) is 0 Å². The van der Waals surface area contributed by atoms with Crippen molar-refractivity contribution in [2.24, 2.45) is 0 Å². The summed E-state index contributed by atoms with van der Waals surface area (Å²) in [6, 6.07) is 5.75. The zero-order valence-corrected chi connectivity index (χ0v) is 13.7. The number of urea groups is 1. The molecule has 1 saturated heterocycles. The minimum absolute atomic E-state index is 0.0187. The Kier molecular flexibility index (Phi) is 5.16. The third-order valence-electron chi connectivity index (χ3n) is 4.79. The normalized spacial score (nSPS) is 24.3. The lowest BCUT2D eigenvalue weighted by atomic mass is 9.93. The van der Waals surface area contributed by atoms with Gasteiger partial charge in [-0.15, -0.1) is 0 Å². The van der Waals surface area contributed by atoms with Crippen molar-refractivity contribution in [2.45, 2.75) is 37.8 Å². The second-order valence-corrected chi connectivity index (χ2v) is 6.44. The van der Waals surface area contributed by atoms with Crippen LogP contribution in [0.25, 0.3) is 0 Å². The van der Waals surface area contributed by atoms with Gasteiger partial charge in [-0.25, -0.2) is 9.78 Å². The average molecular weight is 329 g/mol. The van der Waals surface area contributed by atoms with Gasteiger partial charge >= 0.3 is 6.03 Å². The van der Waals surface area contributed by atoms with E-state index in [0.29, 0.717) is 31.7 Å². The maximum atomic E-state index is 12.4. The maximum Gasteiger partial charge on any atom is 0.317 e. The summed E-state index contributed by atoms with van der Waals surface area (Å²) in [5, 5.41) is 21.6. The number of nitrogens with one attached hydrogen (secondary N) is 1. The molecule has 128 valence electrons. The average Bonchev–Trinajstić information content (AvgIpc) is 2.64. The van der Waals surface area contributed by atoms with Crippen molar-refractivity contribution in [2.75, 3.05) is 31.1 Å². The molecule has 0 bridgehead atoms. The lowest BCUT2D eigenvalue weighted by Crippen LogP contribution is -2.54. The SMILES string of the molecule is N#Cc1ccnc(N2CCN(C(=O)NC3CCC(O)CC3)CC2)c1. The molecule has 2 fully saturated rings. The van der Waals surface area contributed by atoms with Gasteiger partial charge in [0.25, 0.3) is 0 Å². The summed E-state index contributed by atoms with van der Waals surface area (Å²) >= 11 is 0. The molecule has 0 aromatic carbocycles. The number of aromatic nitrogens is 1. The highest BCUT2D eigenvalue weighted by atomic mass is 16.3. The van der Waals surface area contributed by atoms with Crippen molar-refractivity contribution in [3.8, 4) is 6.07 Å². The second kappa shape index (κ2) is 7.49. The van der Waals surface area contributed by atoms with Crippen LogP contribution in [0.2, 0.25) is 0 Å². The second-order valence-electron chi connectivity index (χ2n) is 6.44. The van der Waals surface area contributed by atoms with E-state index in [1.807, 2.05) is 4.90 Å². The Balaban J connectivity index is 1.49. The first-order valence-electron chi connectivity index (χ1n) is 8.50. The Morgan fingerprint density at radius 2 is 1.96 bits per heavy atom. The molecule has 7 nitrogen and oxygen atoms in total. The number of rotatable bonds is 2. The molecule has 0 unspecified atom stereocenters. The van der Waals surface area contributed by atoms with Gasteiger partial charge in [-0.05, 0) is 37.8 Å². The van der Waals surface area contributed by atoms with Gasteiger partial charge in [0.1, 0.15) is 5.82 Å². The minimum Gasteiger partial charge on any atom is -0.393 e. The minimum atomic E-state index is -0.210. The molecule has 2 amide bonds. The van der Waals surface area contributed by atoms with Crippen LogP contribution in [0.1, 0.15) is 31.2 Å². The van der Waals surface area contributed by atoms with E-state index in [2.05, 4.69) is 21.3 Å². The third-order valence-corrected chi connectivity index (χ3v) is 4.79. The van der Waals surface area contributed by atoms with E-state index in [9.17, 15) is 9.90 Å². The van der Waals surface area contributed by atoms with Gasteiger partial charge in [0.05, 0.1) is 17.7 Å². The van der Waals surface area contributed by atoms with Crippen molar-refractivity contribution in [3.63, 3.8) is 0 Å². The van der Waals surface area contributed by atoms with Gasteiger partial charge in [-0.2, -0.15) is 5.26 Å². The number of piperazine rings is 1. The number of amides is 2. The quantitative estimate of drug-likeness (QED) is 0.847. The Hall–Kier alpha value is -2.33. The van der Waals surface area contributed by atoms with Crippen molar-refractivity contribution in [3.05, 3.63) is 23.9 Å². The Morgan fingerprint density at radius 1 is 1.25 bits per heavy atom. The topological polar surface area (TPSA) is 92.5 Å². The van der Waals surface area contributed by atoms with Gasteiger partial charge in [0.15, 0.2) is 0 Å². The first-order valence-corrected chi connectivity index (χ1v) is 8.50. The summed E-state index contributed by atoms with van der Waals surface area (Å²) < 4.78 is 0. The van der Waals surface area contributed by atoms with Gasteiger partial charge < -0.3 is 20.2 Å². The highest BCUT2D eigenvalue weighted by Crippen LogP contribution is 2.19. The van der Waals surface area contributed by atoms with E-state index >= 15 is 0 Å². The summed E-state index contributed by atoms with van der Waals surface area (Å²) in [7, 11) is 0. The van der Waals surface area contributed by atoms with E-state index in [0.717, 1.165) is 31.5 Å². The molecule has 2 N–H and O–H groups in total. The van der Waals surface area contributed by atoms with Crippen LogP contribution < -0.4 is 10.2 Å². The molecule has 1 saturated carbocycles. The monoisotopic (exact) mass is 329 g/mol. The molecule has 0 spiro atoms. The molecule has 1 aliphatic heterocycles. The highest BCUT2D eigenvalue weighted by molar-refractivity contribution is 5.75. The Morgan fingerprint density at radius 3 is 2.62 bits per heavy atom. The number of nitriles is 1. The van der Waals surface area contributed by atoms with Crippen LogP contribution in [-0.2, 0) is 0 Å². The standard InChI is InChI=1S/C17H23N5O2/c18-12-13-5-6-19-16(11-13)21-7-9-22(10-8-21)17(24)20-14-1-3-15(23)4-2-14/h5-6,11,14-15,23H,1-4,7-10H2,(H,20,24). The molecule has 1 aromatic rings. The molecule has 2 heterocycles.